The number of carbonyl (C=O) groups is 1. The van der Waals surface area contributed by atoms with Gasteiger partial charge in [0.05, 0.1) is 11.2 Å². The summed E-state index contributed by atoms with van der Waals surface area (Å²) in [6.45, 7) is 8.28. The molecule has 5 nitrogen and oxygen atoms in total. The maximum absolute atomic E-state index is 12.4. The summed E-state index contributed by atoms with van der Waals surface area (Å²) in [4.78, 5) is 16.9. The second kappa shape index (κ2) is 5.21. The Labute approximate surface area is 132 Å². The molecule has 0 bridgehead atoms. The van der Waals surface area contributed by atoms with Gasteiger partial charge in [0.15, 0.2) is 10.8 Å². The van der Waals surface area contributed by atoms with Gasteiger partial charge >= 0.3 is 0 Å². The Balaban J connectivity index is 1.87. The first-order valence-electron chi connectivity index (χ1n) is 7.07. The molecule has 0 radical (unpaired) electrons. The highest BCUT2D eigenvalue weighted by molar-refractivity contribution is 7.14. The normalized spacial score (nSPS) is 11.8. The molecular weight excluding hydrogens is 296 g/mol. The molecule has 3 rings (SSSR count). The third-order valence-corrected chi connectivity index (χ3v) is 4.18. The SMILES string of the molecule is Cc1ccc2[nH]nc(C(=O)Nc3nc(C(C)(C)C)cs3)c2c1. The molecule has 0 spiro atoms. The minimum atomic E-state index is -0.244. The fourth-order valence-electron chi connectivity index (χ4n) is 2.13. The van der Waals surface area contributed by atoms with Crippen LogP contribution in [0.2, 0.25) is 0 Å². The Kier molecular flexibility index (Phi) is 3.48. The van der Waals surface area contributed by atoms with Crippen molar-refractivity contribution >= 4 is 33.3 Å². The molecule has 0 aliphatic rings. The number of fused-ring (bicyclic) bond motifs is 1. The number of anilines is 1. The van der Waals surface area contributed by atoms with Crippen molar-refractivity contribution in [3.63, 3.8) is 0 Å². The van der Waals surface area contributed by atoms with Crippen molar-refractivity contribution in [1.82, 2.24) is 15.2 Å². The largest absolute Gasteiger partial charge is 0.296 e. The quantitative estimate of drug-likeness (QED) is 0.754. The Hall–Kier alpha value is -2.21. The van der Waals surface area contributed by atoms with Gasteiger partial charge in [0.1, 0.15) is 0 Å². The van der Waals surface area contributed by atoms with E-state index in [9.17, 15) is 4.79 Å². The molecule has 0 fully saturated rings. The molecule has 1 amide bonds. The van der Waals surface area contributed by atoms with Crippen LogP contribution in [0.3, 0.4) is 0 Å². The van der Waals surface area contributed by atoms with E-state index in [0.717, 1.165) is 22.2 Å². The summed E-state index contributed by atoms with van der Waals surface area (Å²) in [6, 6.07) is 5.87. The third-order valence-electron chi connectivity index (χ3n) is 3.43. The molecule has 0 aliphatic heterocycles. The van der Waals surface area contributed by atoms with Crippen molar-refractivity contribution in [1.29, 1.82) is 0 Å². The zero-order valence-corrected chi connectivity index (χ0v) is 13.8. The summed E-state index contributed by atoms with van der Waals surface area (Å²) >= 11 is 1.43. The Bertz CT molecular complexity index is 841. The summed E-state index contributed by atoms with van der Waals surface area (Å²) in [6.07, 6.45) is 0. The van der Waals surface area contributed by atoms with Crippen molar-refractivity contribution in [2.45, 2.75) is 33.1 Å². The minimum Gasteiger partial charge on any atom is -0.296 e. The Morgan fingerprint density at radius 1 is 1.32 bits per heavy atom. The van der Waals surface area contributed by atoms with Gasteiger partial charge in [-0.25, -0.2) is 4.98 Å². The number of thiazole rings is 1. The zero-order valence-electron chi connectivity index (χ0n) is 13.0. The second-order valence-electron chi connectivity index (χ2n) is 6.36. The first kappa shape index (κ1) is 14.7. The molecule has 0 saturated carbocycles. The molecule has 3 aromatic rings. The lowest BCUT2D eigenvalue weighted by atomic mass is 9.93. The van der Waals surface area contributed by atoms with Crippen molar-refractivity contribution in [2.24, 2.45) is 0 Å². The number of carbonyl (C=O) groups excluding carboxylic acids is 1. The maximum atomic E-state index is 12.4. The first-order chi connectivity index (χ1) is 10.3. The lowest BCUT2D eigenvalue weighted by Gasteiger charge is -2.14. The van der Waals surface area contributed by atoms with Gasteiger partial charge in [-0.2, -0.15) is 5.10 Å². The summed E-state index contributed by atoms with van der Waals surface area (Å²) in [7, 11) is 0. The van der Waals surface area contributed by atoms with Gasteiger partial charge in [-0.05, 0) is 19.1 Å². The number of aryl methyl sites for hydroxylation is 1. The molecule has 6 heteroatoms. The predicted octanol–water partition coefficient (Wildman–Crippen LogP) is 3.88. The summed E-state index contributed by atoms with van der Waals surface area (Å²) < 4.78 is 0. The Morgan fingerprint density at radius 3 is 2.77 bits per heavy atom. The van der Waals surface area contributed by atoms with Gasteiger partial charge in [0.25, 0.3) is 5.91 Å². The summed E-state index contributed by atoms with van der Waals surface area (Å²) in [5, 5.41) is 13.2. The maximum Gasteiger partial charge on any atom is 0.278 e. The van der Waals surface area contributed by atoms with E-state index in [2.05, 4.69) is 41.3 Å². The van der Waals surface area contributed by atoms with E-state index in [1.165, 1.54) is 11.3 Å². The smallest absolute Gasteiger partial charge is 0.278 e. The molecule has 0 atom stereocenters. The minimum absolute atomic E-state index is 0.0321. The van der Waals surface area contributed by atoms with Crippen LogP contribution < -0.4 is 5.32 Å². The van der Waals surface area contributed by atoms with Crippen LogP contribution in [0.15, 0.2) is 23.6 Å². The number of hydrogen-bond donors (Lipinski definition) is 2. The van der Waals surface area contributed by atoms with Gasteiger partial charge < -0.3 is 0 Å². The Morgan fingerprint density at radius 2 is 2.09 bits per heavy atom. The van der Waals surface area contributed by atoms with E-state index in [0.29, 0.717) is 10.8 Å². The van der Waals surface area contributed by atoms with Crippen molar-refractivity contribution in [2.75, 3.05) is 5.32 Å². The average Bonchev–Trinajstić information content (AvgIpc) is 3.04. The van der Waals surface area contributed by atoms with Gasteiger partial charge in [-0.15, -0.1) is 11.3 Å². The third kappa shape index (κ3) is 2.74. The zero-order chi connectivity index (χ0) is 15.9. The molecule has 0 saturated heterocycles. The van der Waals surface area contributed by atoms with Crippen LogP contribution in [0.4, 0.5) is 5.13 Å². The lowest BCUT2D eigenvalue weighted by Crippen LogP contribution is -2.14. The monoisotopic (exact) mass is 314 g/mol. The summed E-state index contributed by atoms with van der Waals surface area (Å²) in [5.41, 5.74) is 3.27. The molecule has 0 unspecified atom stereocenters. The van der Waals surface area contributed by atoms with E-state index in [-0.39, 0.29) is 11.3 Å². The highest BCUT2D eigenvalue weighted by Gasteiger charge is 2.20. The molecule has 0 aliphatic carbocycles. The van der Waals surface area contributed by atoms with Crippen LogP contribution in [0.1, 0.15) is 42.5 Å². The van der Waals surface area contributed by atoms with Crippen LogP contribution in [-0.4, -0.2) is 21.1 Å². The number of nitrogens with zero attached hydrogens (tertiary/aromatic N) is 2. The number of H-pyrrole nitrogens is 1. The molecular formula is C16H18N4OS. The van der Waals surface area contributed by atoms with E-state index in [4.69, 9.17) is 0 Å². The van der Waals surface area contributed by atoms with Crippen LogP contribution >= 0.6 is 11.3 Å². The topological polar surface area (TPSA) is 70.7 Å². The number of aromatic nitrogens is 3. The molecule has 114 valence electrons. The second-order valence-corrected chi connectivity index (χ2v) is 7.22. The lowest BCUT2D eigenvalue weighted by molar-refractivity contribution is 0.102. The van der Waals surface area contributed by atoms with Crippen molar-refractivity contribution in [3.8, 4) is 0 Å². The highest BCUT2D eigenvalue weighted by atomic mass is 32.1. The number of nitrogens with one attached hydrogen (secondary N) is 2. The highest BCUT2D eigenvalue weighted by Crippen LogP contribution is 2.27. The standard InChI is InChI=1S/C16H18N4OS/c1-9-5-6-11-10(7-9)13(20-19-11)14(21)18-15-17-12(8-22-15)16(2,3)4/h5-8H,1-4H3,(H,19,20)(H,17,18,21). The van der Waals surface area contributed by atoms with Crippen molar-refractivity contribution < 1.29 is 4.79 Å². The van der Waals surface area contributed by atoms with Gasteiger partial charge in [-0.1, -0.05) is 32.4 Å². The van der Waals surface area contributed by atoms with Crippen molar-refractivity contribution in [3.05, 3.63) is 40.5 Å². The molecule has 2 N–H and O–H groups in total. The fourth-order valence-corrected chi connectivity index (χ4v) is 3.07. The van der Waals surface area contributed by atoms with Gasteiger partial charge in [0.2, 0.25) is 0 Å². The number of benzene rings is 1. The summed E-state index contributed by atoms with van der Waals surface area (Å²) in [5.74, 6) is -0.244. The number of amides is 1. The van der Waals surface area contributed by atoms with E-state index in [1.807, 2.05) is 30.5 Å². The molecule has 1 aromatic carbocycles. The predicted molar refractivity (Wildman–Crippen MR) is 89.6 cm³/mol. The van der Waals surface area contributed by atoms with E-state index >= 15 is 0 Å². The number of aromatic amines is 1. The van der Waals surface area contributed by atoms with Gasteiger partial charge in [-0.3, -0.25) is 15.2 Å². The van der Waals surface area contributed by atoms with E-state index in [1.54, 1.807) is 0 Å². The van der Waals surface area contributed by atoms with E-state index < -0.39 is 0 Å². The number of hydrogen-bond acceptors (Lipinski definition) is 4. The number of rotatable bonds is 2. The fraction of sp³-hybridized carbons (Fsp3) is 0.312. The molecule has 2 aromatic heterocycles. The van der Waals surface area contributed by atoms with Crippen LogP contribution in [0.25, 0.3) is 10.9 Å². The average molecular weight is 314 g/mol. The first-order valence-corrected chi connectivity index (χ1v) is 7.94. The van der Waals surface area contributed by atoms with Crippen LogP contribution in [-0.2, 0) is 5.41 Å². The van der Waals surface area contributed by atoms with Crippen LogP contribution in [0, 0.1) is 6.92 Å². The van der Waals surface area contributed by atoms with Gasteiger partial charge in [0, 0.05) is 16.2 Å². The molecule has 2 heterocycles. The van der Waals surface area contributed by atoms with Crippen LogP contribution in [0.5, 0.6) is 0 Å². The molecule has 22 heavy (non-hydrogen) atoms.